The third kappa shape index (κ3) is 2.77. The molecule has 1 unspecified atom stereocenters. The molecule has 0 aliphatic carbocycles. The van der Waals surface area contributed by atoms with Crippen LogP contribution in [0.4, 0.5) is 0 Å². The topological polar surface area (TPSA) is 84.6 Å². The third-order valence-corrected chi connectivity index (χ3v) is 2.44. The van der Waals surface area contributed by atoms with Gasteiger partial charge < -0.3 is 14.9 Å². The lowest BCUT2D eigenvalue weighted by Crippen LogP contribution is -2.18. The predicted molar refractivity (Wildman–Crippen MR) is 54.4 cm³/mol. The number of aliphatic hydroxyl groups is 1. The fourth-order valence-corrected chi connectivity index (χ4v) is 1.63. The van der Waals surface area contributed by atoms with Crippen molar-refractivity contribution in [3.63, 3.8) is 0 Å². The average Bonchev–Trinajstić information content (AvgIpc) is 2.55. The number of aromatic nitrogens is 2. The zero-order chi connectivity index (χ0) is 11.4. The molecule has 0 amide bonds. The van der Waals surface area contributed by atoms with E-state index < -0.39 is 12.1 Å². The highest BCUT2D eigenvalue weighted by molar-refractivity contribution is 9.10. The molecule has 1 aromatic rings. The van der Waals surface area contributed by atoms with Crippen LogP contribution in [0.5, 0.6) is 0 Å². The number of ether oxygens (including phenoxy) is 1. The number of carbonyl (C=O) groups is 1. The van der Waals surface area contributed by atoms with E-state index in [-0.39, 0.29) is 5.69 Å². The van der Waals surface area contributed by atoms with E-state index in [2.05, 4.69) is 21.0 Å². The standard InChI is InChI=1S/C8H11BrN2O4/c1-15-3-2-11-6(5(9)4-10-11)7(12)8(13)14/h4,7,12H,2-3H2,1H3,(H,13,14). The van der Waals surface area contributed by atoms with Gasteiger partial charge in [-0.1, -0.05) is 0 Å². The minimum absolute atomic E-state index is 0.222. The van der Waals surface area contributed by atoms with Gasteiger partial charge in [0.2, 0.25) is 0 Å². The van der Waals surface area contributed by atoms with Gasteiger partial charge in [-0.15, -0.1) is 0 Å². The van der Waals surface area contributed by atoms with Crippen LogP contribution in [0.25, 0.3) is 0 Å². The Morgan fingerprint density at radius 2 is 2.47 bits per heavy atom. The molecular formula is C8H11BrN2O4. The molecule has 0 fully saturated rings. The Bertz CT molecular complexity index is 352. The zero-order valence-corrected chi connectivity index (χ0v) is 9.64. The summed E-state index contributed by atoms with van der Waals surface area (Å²) in [6, 6.07) is 0. The van der Waals surface area contributed by atoms with Crippen LogP contribution in [0, 0.1) is 0 Å². The fraction of sp³-hybridized carbons (Fsp3) is 0.500. The van der Waals surface area contributed by atoms with Gasteiger partial charge in [-0.05, 0) is 15.9 Å². The number of carboxylic acids is 1. The molecule has 1 heterocycles. The lowest BCUT2D eigenvalue weighted by Gasteiger charge is -2.10. The lowest BCUT2D eigenvalue weighted by molar-refractivity contribution is -0.147. The number of nitrogens with zero attached hydrogens (tertiary/aromatic N) is 2. The molecule has 0 saturated carbocycles. The minimum Gasteiger partial charge on any atom is -0.479 e. The zero-order valence-electron chi connectivity index (χ0n) is 8.05. The van der Waals surface area contributed by atoms with Crippen LogP contribution in [0.3, 0.4) is 0 Å². The Morgan fingerprint density at radius 1 is 1.80 bits per heavy atom. The van der Waals surface area contributed by atoms with Gasteiger partial charge in [-0.3, -0.25) is 4.68 Å². The van der Waals surface area contributed by atoms with Crippen molar-refractivity contribution in [2.45, 2.75) is 12.6 Å². The third-order valence-electron chi connectivity index (χ3n) is 1.83. The predicted octanol–water partition coefficient (Wildman–Crippen LogP) is 0.410. The van der Waals surface area contributed by atoms with Crippen molar-refractivity contribution in [3.8, 4) is 0 Å². The SMILES string of the molecule is COCCn1ncc(Br)c1C(O)C(=O)O. The van der Waals surface area contributed by atoms with E-state index in [4.69, 9.17) is 9.84 Å². The van der Waals surface area contributed by atoms with E-state index in [1.165, 1.54) is 18.0 Å². The van der Waals surface area contributed by atoms with Crippen LogP contribution < -0.4 is 0 Å². The first kappa shape index (κ1) is 12.2. The van der Waals surface area contributed by atoms with E-state index in [9.17, 15) is 9.90 Å². The largest absolute Gasteiger partial charge is 0.479 e. The maximum atomic E-state index is 10.6. The van der Waals surface area contributed by atoms with Crippen molar-refractivity contribution < 1.29 is 19.7 Å². The lowest BCUT2D eigenvalue weighted by atomic mass is 10.2. The molecular weight excluding hydrogens is 268 g/mol. The van der Waals surface area contributed by atoms with Gasteiger partial charge in [0.05, 0.1) is 29.5 Å². The van der Waals surface area contributed by atoms with Crippen LogP contribution in [0.1, 0.15) is 11.8 Å². The van der Waals surface area contributed by atoms with Crippen LogP contribution in [-0.2, 0) is 16.1 Å². The van der Waals surface area contributed by atoms with Crippen molar-refractivity contribution in [1.29, 1.82) is 0 Å². The highest BCUT2D eigenvalue weighted by atomic mass is 79.9. The molecule has 84 valence electrons. The van der Waals surface area contributed by atoms with Crippen LogP contribution in [0.15, 0.2) is 10.7 Å². The first-order chi connectivity index (χ1) is 7.07. The first-order valence-corrected chi connectivity index (χ1v) is 4.98. The fourth-order valence-electron chi connectivity index (χ4n) is 1.12. The van der Waals surface area contributed by atoms with Gasteiger partial charge in [-0.2, -0.15) is 5.10 Å². The highest BCUT2D eigenvalue weighted by Gasteiger charge is 2.23. The molecule has 0 radical (unpaired) electrons. The normalized spacial score (nSPS) is 12.7. The van der Waals surface area contributed by atoms with Crippen molar-refractivity contribution in [2.75, 3.05) is 13.7 Å². The molecule has 1 rings (SSSR count). The summed E-state index contributed by atoms with van der Waals surface area (Å²) in [6.07, 6.45) is -0.143. The quantitative estimate of drug-likeness (QED) is 0.815. The van der Waals surface area contributed by atoms with Crippen LogP contribution in [-0.4, -0.2) is 39.7 Å². The number of aliphatic carboxylic acids is 1. The first-order valence-electron chi connectivity index (χ1n) is 4.19. The summed E-state index contributed by atoms with van der Waals surface area (Å²) < 4.78 is 6.71. The summed E-state index contributed by atoms with van der Waals surface area (Å²) in [5.74, 6) is -1.31. The van der Waals surface area contributed by atoms with Crippen molar-refractivity contribution in [3.05, 3.63) is 16.4 Å². The van der Waals surface area contributed by atoms with Crippen molar-refractivity contribution in [1.82, 2.24) is 9.78 Å². The monoisotopic (exact) mass is 278 g/mol. The molecule has 2 N–H and O–H groups in total. The van der Waals surface area contributed by atoms with E-state index in [0.717, 1.165) is 0 Å². The average molecular weight is 279 g/mol. The van der Waals surface area contributed by atoms with E-state index in [1.807, 2.05) is 0 Å². The number of hydrogen-bond acceptors (Lipinski definition) is 4. The summed E-state index contributed by atoms with van der Waals surface area (Å²) >= 11 is 3.13. The summed E-state index contributed by atoms with van der Waals surface area (Å²) in [4.78, 5) is 10.6. The summed E-state index contributed by atoms with van der Waals surface area (Å²) in [7, 11) is 1.53. The number of rotatable bonds is 5. The maximum absolute atomic E-state index is 10.6. The maximum Gasteiger partial charge on any atom is 0.338 e. The molecule has 0 saturated heterocycles. The van der Waals surface area contributed by atoms with Gasteiger partial charge in [-0.25, -0.2) is 4.79 Å². The van der Waals surface area contributed by atoms with Crippen molar-refractivity contribution >= 4 is 21.9 Å². The Kier molecular flexibility index (Phi) is 4.25. The van der Waals surface area contributed by atoms with Gasteiger partial charge in [0.15, 0.2) is 6.10 Å². The van der Waals surface area contributed by atoms with Gasteiger partial charge in [0, 0.05) is 7.11 Å². The Labute approximate surface area is 94.6 Å². The van der Waals surface area contributed by atoms with E-state index >= 15 is 0 Å². The Morgan fingerprint density at radius 3 is 3.00 bits per heavy atom. The van der Waals surface area contributed by atoms with Crippen LogP contribution >= 0.6 is 15.9 Å². The molecule has 0 aliphatic rings. The molecule has 1 aromatic heterocycles. The van der Waals surface area contributed by atoms with Gasteiger partial charge in [0.25, 0.3) is 0 Å². The number of hydrogen-bond donors (Lipinski definition) is 2. The second-order valence-electron chi connectivity index (χ2n) is 2.83. The van der Waals surface area contributed by atoms with E-state index in [1.54, 1.807) is 0 Å². The summed E-state index contributed by atoms with van der Waals surface area (Å²) in [5.41, 5.74) is 0.222. The smallest absolute Gasteiger partial charge is 0.338 e. The van der Waals surface area contributed by atoms with Crippen molar-refractivity contribution in [2.24, 2.45) is 0 Å². The molecule has 0 bridgehead atoms. The molecule has 0 aromatic carbocycles. The highest BCUT2D eigenvalue weighted by Crippen LogP contribution is 2.23. The van der Waals surface area contributed by atoms with Gasteiger partial charge >= 0.3 is 5.97 Å². The summed E-state index contributed by atoms with van der Waals surface area (Å²) in [5, 5.41) is 22.0. The molecule has 15 heavy (non-hydrogen) atoms. The number of halogens is 1. The molecule has 7 heteroatoms. The Hall–Kier alpha value is -0.920. The van der Waals surface area contributed by atoms with Crippen LogP contribution in [0.2, 0.25) is 0 Å². The Balaban J connectivity index is 2.93. The minimum atomic E-state index is -1.58. The second kappa shape index (κ2) is 5.24. The number of methoxy groups -OCH3 is 1. The van der Waals surface area contributed by atoms with Gasteiger partial charge in [0.1, 0.15) is 0 Å². The summed E-state index contributed by atoms with van der Waals surface area (Å²) in [6.45, 7) is 0.787. The molecule has 1 atom stereocenters. The second-order valence-corrected chi connectivity index (χ2v) is 3.69. The molecule has 0 spiro atoms. The molecule has 0 aliphatic heterocycles. The number of carboxylic acid groups (broad SMARTS) is 1. The number of aliphatic hydroxyl groups excluding tert-OH is 1. The van der Waals surface area contributed by atoms with E-state index in [0.29, 0.717) is 17.6 Å². The molecule has 6 nitrogen and oxygen atoms in total.